The van der Waals surface area contributed by atoms with Crippen molar-refractivity contribution in [2.45, 2.75) is 20.4 Å². The van der Waals surface area contributed by atoms with Gasteiger partial charge < -0.3 is 9.88 Å². The number of carbonyl (C=O) groups is 1. The predicted molar refractivity (Wildman–Crippen MR) is 124 cm³/mol. The van der Waals surface area contributed by atoms with Gasteiger partial charge in [-0.15, -0.1) is 6.58 Å². The number of nitrogens with zero attached hydrogens (tertiary/aromatic N) is 2. The van der Waals surface area contributed by atoms with Gasteiger partial charge in [0.2, 0.25) is 0 Å². The molecule has 1 aliphatic rings. The number of rotatable bonds is 4. The summed E-state index contributed by atoms with van der Waals surface area (Å²) in [5.74, 6) is -0.146. The van der Waals surface area contributed by atoms with Crippen molar-refractivity contribution in [1.29, 1.82) is 0 Å². The van der Waals surface area contributed by atoms with E-state index in [1.165, 1.54) is 11.8 Å². The van der Waals surface area contributed by atoms with Crippen molar-refractivity contribution >= 4 is 57.1 Å². The molecule has 6 heteroatoms. The summed E-state index contributed by atoms with van der Waals surface area (Å²) in [6.07, 6.45) is 3.83. The molecule has 2 aromatic carbocycles. The minimum atomic E-state index is -0.146. The Balaban J connectivity index is 1.71. The van der Waals surface area contributed by atoms with Gasteiger partial charge in [0.1, 0.15) is 0 Å². The zero-order chi connectivity index (χ0) is 20.5. The first-order valence-corrected chi connectivity index (χ1v) is 10.4. The van der Waals surface area contributed by atoms with E-state index in [-0.39, 0.29) is 5.91 Å². The third-order valence-electron chi connectivity index (χ3n) is 4.90. The van der Waals surface area contributed by atoms with Crippen LogP contribution in [0.5, 0.6) is 0 Å². The molecule has 1 amide bonds. The Labute approximate surface area is 179 Å². The number of carbonyl (C=O) groups excluding carboxylic acids is 1. The van der Waals surface area contributed by atoms with E-state index in [9.17, 15) is 4.79 Å². The molecule has 1 aromatic heterocycles. The van der Waals surface area contributed by atoms with Gasteiger partial charge in [0.15, 0.2) is 5.17 Å². The van der Waals surface area contributed by atoms with Crippen LogP contribution < -0.4 is 5.32 Å². The monoisotopic (exact) mass is 421 g/mol. The largest absolute Gasteiger partial charge is 0.340 e. The Kier molecular flexibility index (Phi) is 5.35. The zero-order valence-electron chi connectivity index (χ0n) is 16.2. The van der Waals surface area contributed by atoms with Gasteiger partial charge in [-0.25, -0.2) is 4.99 Å². The minimum Gasteiger partial charge on any atom is -0.340 e. The lowest BCUT2D eigenvalue weighted by atomic mass is 10.1. The van der Waals surface area contributed by atoms with Gasteiger partial charge in [0.05, 0.1) is 10.6 Å². The molecule has 1 saturated heterocycles. The third kappa shape index (κ3) is 3.76. The maximum atomic E-state index is 12.6. The van der Waals surface area contributed by atoms with E-state index in [4.69, 9.17) is 11.6 Å². The molecule has 4 rings (SSSR count). The number of fused-ring (bicyclic) bond motifs is 1. The van der Waals surface area contributed by atoms with Crippen LogP contribution in [-0.4, -0.2) is 15.6 Å². The number of aromatic nitrogens is 1. The Morgan fingerprint density at radius 2 is 2.03 bits per heavy atom. The number of thioether (sulfide) groups is 1. The molecule has 0 aliphatic carbocycles. The fourth-order valence-corrected chi connectivity index (χ4v) is 4.38. The molecule has 0 saturated carbocycles. The van der Waals surface area contributed by atoms with E-state index >= 15 is 0 Å². The average Bonchev–Trinajstić information content (AvgIpc) is 3.17. The maximum absolute atomic E-state index is 12.6. The number of hydrogen-bond donors (Lipinski definition) is 1. The Bertz CT molecular complexity index is 1210. The van der Waals surface area contributed by atoms with Crippen LogP contribution >= 0.6 is 23.4 Å². The van der Waals surface area contributed by atoms with E-state index in [1.807, 2.05) is 43.3 Å². The average molecular weight is 422 g/mol. The van der Waals surface area contributed by atoms with Crippen LogP contribution in [0.2, 0.25) is 5.02 Å². The van der Waals surface area contributed by atoms with Crippen molar-refractivity contribution in [2.75, 3.05) is 0 Å². The molecular formula is C23H20ClN3OS. The number of amides is 1. The molecule has 1 N–H and O–H groups in total. The normalized spacial score (nSPS) is 16.7. The van der Waals surface area contributed by atoms with Crippen molar-refractivity contribution < 1.29 is 4.79 Å². The van der Waals surface area contributed by atoms with Crippen molar-refractivity contribution in [1.82, 2.24) is 9.88 Å². The van der Waals surface area contributed by atoms with Crippen molar-refractivity contribution in [2.24, 2.45) is 4.99 Å². The summed E-state index contributed by atoms with van der Waals surface area (Å²) in [7, 11) is 0. The van der Waals surface area contributed by atoms with Gasteiger partial charge in [-0.2, -0.15) is 0 Å². The predicted octanol–water partition coefficient (Wildman–Crippen LogP) is 5.99. The Morgan fingerprint density at radius 3 is 2.79 bits per heavy atom. The highest BCUT2D eigenvalue weighted by Gasteiger charge is 2.25. The summed E-state index contributed by atoms with van der Waals surface area (Å²) in [5, 5.41) is 5.17. The van der Waals surface area contributed by atoms with Gasteiger partial charge in [0, 0.05) is 33.7 Å². The number of aliphatic imine (C=N–C) groups is 1. The van der Waals surface area contributed by atoms with Gasteiger partial charge in [-0.3, -0.25) is 4.79 Å². The van der Waals surface area contributed by atoms with Gasteiger partial charge >= 0.3 is 0 Å². The van der Waals surface area contributed by atoms with Crippen LogP contribution in [-0.2, 0) is 11.3 Å². The lowest BCUT2D eigenvalue weighted by Crippen LogP contribution is -2.19. The van der Waals surface area contributed by atoms with Crippen LogP contribution in [0.3, 0.4) is 0 Å². The summed E-state index contributed by atoms with van der Waals surface area (Å²) < 4.78 is 2.20. The molecule has 4 nitrogen and oxygen atoms in total. The highest BCUT2D eigenvalue weighted by Crippen LogP contribution is 2.33. The summed E-state index contributed by atoms with van der Waals surface area (Å²) in [6, 6.07) is 13.8. The number of nitrogens with one attached hydrogen (secondary N) is 1. The van der Waals surface area contributed by atoms with Crippen LogP contribution in [0, 0.1) is 13.8 Å². The van der Waals surface area contributed by atoms with Crippen molar-refractivity contribution in [3.8, 4) is 0 Å². The van der Waals surface area contributed by atoms with Crippen LogP contribution in [0.4, 0.5) is 5.69 Å². The van der Waals surface area contributed by atoms with E-state index in [0.717, 1.165) is 34.3 Å². The van der Waals surface area contributed by atoms with Gasteiger partial charge in [-0.05, 0) is 55.4 Å². The lowest BCUT2D eigenvalue weighted by Gasteiger charge is -2.04. The molecule has 0 bridgehead atoms. The quantitative estimate of drug-likeness (QED) is 0.415. The SMILES string of the molecule is C=CCn1c(C)c(/C=C2\SC(=Nc3ccc(C)c(Cl)c3)NC2=O)c2ccccc21. The highest BCUT2D eigenvalue weighted by atomic mass is 35.5. The van der Waals surface area contributed by atoms with Crippen LogP contribution in [0.25, 0.3) is 17.0 Å². The summed E-state index contributed by atoms with van der Waals surface area (Å²) in [5.41, 5.74) is 4.97. The topological polar surface area (TPSA) is 46.4 Å². The van der Waals surface area contributed by atoms with E-state index in [0.29, 0.717) is 20.8 Å². The zero-order valence-corrected chi connectivity index (χ0v) is 17.8. The summed E-state index contributed by atoms with van der Waals surface area (Å²) in [6.45, 7) is 8.59. The van der Waals surface area contributed by atoms with Gasteiger partial charge in [-0.1, -0.05) is 41.9 Å². The lowest BCUT2D eigenvalue weighted by molar-refractivity contribution is -0.115. The first-order valence-electron chi connectivity index (χ1n) is 9.22. The standard InChI is InChI=1S/C23H20ClN3OS/c1-4-11-27-15(3)18(17-7-5-6-8-20(17)27)13-21-22(28)26-23(29-21)25-16-10-9-14(2)19(24)12-16/h4-10,12-13H,1,11H2,2-3H3,(H,25,26,28)/b21-13-. The molecule has 2 heterocycles. The number of amidine groups is 1. The summed E-state index contributed by atoms with van der Waals surface area (Å²) >= 11 is 7.52. The number of para-hydroxylation sites is 1. The van der Waals surface area contributed by atoms with E-state index in [1.54, 1.807) is 6.07 Å². The molecule has 0 atom stereocenters. The Hall–Kier alpha value is -2.76. The maximum Gasteiger partial charge on any atom is 0.264 e. The second-order valence-corrected chi connectivity index (χ2v) is 8.27. The molecule has 146 valence electrons. The number of aryl methyl sites for hydroxylation is 1. The summed E-state index contributed by atoms with van der Waals surface area (Å²) in [4.78, 5) is 17.7. The first-order chi connectivity index (χ1) is 14.0. The molecular weight excluding hydrogens is 402 g/mol. The molecule has 29 heavy (non-hydrogen) atoms. The molecule has 0 spiro atoms. The molecule has 1 aliphatic heterocycles. The second kappa shape index (κ2) is 7.93. The van der Waals surface area contributed by atoms with E-state index < -0.39 is 0 Å². The number of halogens is 1. The fraction of sp³-hybridized carbons (Fsp3) is 0.130. The number of allylic oxidation sites excluding steroid dienone is 1. The van der Waals surface area contributed by atoms with Crippen LogP contribution in [0.1, 0.15) is 16.8 Å². The molecule has 1 fully saturated rings. The minimum absolute atomic E-state index is 0.146. The van der Waals surface area contributed by atoms with Crippen molar-refractivity contribution in [3.05, 3.63) is 81.9 Å². The Morgan fingerprint density at radius 1 is 1.24 bits per heavy atom. The molecule has 3 aromatic rings. The third-order valence-corrected chi connectivity index (χ3v) is 6.22. The molecule has 0 unspecified atom stereocenters. The fourth-order valence-electron chi connectivity index (χ4n) is 3.38. The second-order valence-electron chi connectivity index (χ2n) is 6.83. The molecule has 0 radical (unpaired) electrons. The highest BCUT2D eigenvalue weighted by molar-refractivity contribution is 8.18. The van der Waals surface area contributed by atoms with Gasteiger partial charge in [0.25, 0.3) is 5.91 Å². The van der Waals surface area contributed by atoms with Crippen LogP contribution in [0.15, 0.2) is 65.0 Å². The first kappa shape index (κ1) is 19.6. The van der Waals surface area contributed by atoms with Crippen molar-refractivity contribution in [3.63, 3.8) is 0 Å². The number of benzene rings is 2. The number of hydrogen-bond acceptors (Lipinski definition) is 3. The van der Waals surface area contributed by atoms with E-state index in [2.05, 4.69) is 40.5 Å². The smallest absolute Gasteiger partial charge is 0.264 e.